The predicted octanol–water partition coefficient (Wildman–Crippen LogP) is 1.17. The standard InChI is InChI=1S/C22H33N5O4/c1-31-20(30)9-6-17-3-2-10-27(15-19(28)29)22(17)26-13-11-25(12-14-26)18-7-4-16(5-8-18)21(23)24/h4-5,7-8,17,22H,2-3,6,9-15H2,1H3,(H3,23,24)(H,28,29). The van der Waals surface area contributed by atoms with Crippen molar-refractivity contribution in [2.24, 2.45) is 11.7 Å². The number of piperidine rings is 1. The van der Waals surface area contributed by atoms with Gasteiger partial charge in [-0.1, -0.05) is 0 Å². The van der Waals surface area contributed by atoms with E-state index >= 15 is 0 Å². The van der Waals surface area contributed by atoms with E-state index in [1.807, 2.05) is 24.3 Å². The topological polar surface area (TPSA) is 123 Å². The van der Waals surface area contributed by atoms with Crippen LogP contribution >= 0.6 is 0 Å². The third-order valence-electron chi connectivity index (χ3n) is 6.33. The first-order valence-corrected chi connectivity index (χ1v) is 10.8. The van der Waals surface area contributed by atoms with Crippen molar-refractivity contribution in [2.45, 2.75) is 31.8 Å². The van der Waals surface area contributed by atoms with Gasteiger partial charge in [-0.15, -0.1) is 0 Å². The van der Waals surface area contributed by atoms with E-state index in [4.69, 9.17) is 15.9 Å². The van der Waals surface area contributed by atoms with Crippen molar-refractivity contribution in [3.05, 3.63) is 29.8 Å². The van der Waals surface area contributed by atoms with Crippen LogP contribution in [0.4, 0.5) is 5.69 Å². The predicted molar refractivity (Wildman–Crippen MR) is 118 cm³/mol. The number of nitrogens with two attached hydrogens (primary N) is 1. The average molecular weight is 432 g/mol. The highest BCUT2D eigenvalue weighted by molar-refractivity contribution is 5.95. The van der Waals surface area contributed by atoms with Crippen molar-refractivity contribution in [1.29, 1.82) is 5.41 Å². The Hall–Kier alpha value is -2.65. The number of methoxy groups -OCH3 is 1. The summed E-state index contributed by atoms with van der Waals surface area (Å²) >= 11 is 0. The van der Waals surface area contributed by atoms with Gasteiger partial charge < -0.3 is 20.5 Å². The maximum absolute atomic E-state index is 11.7. The van der Waals surface area contributed by atoms with Gasteiger partial charge >= 0.3 is 11.9 Å². The molecule has 9 nitrogen and oxygen atoms in total. The Bertz CT molecular complexity index is 777. The Balaban J connectivity index is 1.67. The number of rotatable bonds is 8. The molecule has 0 spiro atoms. The highest BCUT2D eigenvalue weighted by Gasteiger charge is 2.37. The highest BCUT2D eigenvalue weighted by Crippen LogP contribution is 2.31. The molecule has 0 bridgehead atoms. The number of carboxylic acids is 1. The van der Waals surface area contributed by atoms with E-state index in [2.05, 4.69) is 14.7 Å². The molecule has 2 saturated heterocycles. The summed E-state index contributed by atoms with van der Waals surface area (Å²) in [5.41, 5.74) is 7.35. The summed E-state index contributed by atoms with van der Waals surface area (Å²) in [4.78, 5) is 29.9. The summed E-state index contributed by atoms with van der Waals surface area (Å²) in [7, 11) is 1.40. The van der Waals surface area contributed by atoms with Crippen LogP contribution in [0, 0.1) is 11.3 Å². The Morgan fingerprint density at radius 3 is 2.42 bits per heavy atom. The van der Waals surface area contributed by atoms with Crippen LogP contribution in [-0.2, 0) is 14.3 Å². The summed E-state index contributed by atoms with van der Waals surface area (Å²) in [5.74, 6) is -0.727. The van der Waals surface area contributed by atoms with Crippen molar-refractivity contribution in [3.8, 4) is 0 Å². The van der Waals surface area contributed by atoms with Gasteiger partial charge in [0.1, 0.15) is 5.84 Å². The molecule has 2 atom stereocenters. The summed E-state index contributed by atoms with van der Waals surface area (Å²) < 4.78 is 4.81. The Labute approximate surface area is 183 Å². The largest absolute Gasteiger partial charge is 0.480 e. The number of nitrogens with one attached hydrogen (secondary N) is 1. The van der Waals surface area contributed by atoms with E-state index in [0.29, 0.717) is 18.4 Å². The fourth-order valence-corrected chi connectivity index (χ4v) is 4.81. The number of carbonyl (C=O) groups excluding carboxylic acids is 1. The van der Waals surface area contributed by atoms with Crippen LogP contribution in [0.5, 0.6) is 0 Å². The Kier molecular flexibility index (Phi) is 7.86. The first-order chi connectivity index (χ1) is 14.9. The van der Waals surface area contributed by atoms with Gasteiger partial charge in [-0.25, -0.2) is 0 Å². The van der Waals surface area contributed by atoms with Crippen LogP contribution in [0.1, 0.15) is 31.2 Å². The second kappa shape index (κ2) is 10.6. The van der Waals surface area contributed by atoms with Gasteiger partial charge in [-0.3, -0.25) is 24.8 Å². The smallest absolute Gasteiger partial charge is 0.317 e. The van der Waals surface area contributed by atoms with Crippen LogP contribution < -0.4 is 10.6 Å². The number of carbonyl (C=O) groups is 2. The molecule has 0 aliphatic carbocycles. The van der Waals surface area contributed by atoms with E-state index in [1.165, 1.54) is 7.11 Å². The Morgan fingerprint density at radius 1 is 1.16 bits per heavy atom. The summed E-state index contributed by atoms with van der Waals surface area (Å²) in [6, 6.07) is 7.71. The quantitative estimate of drug-likeness (QED) is 0.318. The van der Waals surface area contributed by atoms with E-state index < -0.39 is 5.97 Å². The number of nitrogen functional groups attached to an aromatic ring is 1. The van der Waals surface area contributed by atoms with Crippen molar-refractivity contribution >= 4 is 23.5 Å². The molecule has 0 radical (unpaired) electrons. The number of hydrogen-bond acceptors (Lipinski definition) is 7. The number of benzene rings is 1. The minimum Gasteiger partial charge on any atom is -0.480 e. The number of anilines is 1. The zero-order chi connectivity index (χ0) is 22.4. The molecule has 2 unspecified atom stereocenters. The molecule has 1 aromatic carbocycles. The first-order valence-electron chi connectivity index (χ1n) is 10.8. The fourth-order valence-electron chi connectivity index (χ4n) is 4.81. The summed E-state index contributed by atoms with van der Waals surface area (Å²) in [6.45, 7) is 4.10. The number of hydrogen-bond donors (Lipinski definition) is 3. The normalized spacial score (nSPS) is 22.8. The molecule has 2 aliphatic heterocycles. The second-order valence-electron chi connectivity index (χ2n) is 8.28. The number of aliphatic carboxylic acids is 1. The summed E-state index contributed by atoms with van der Waals surface area (Å²) in [6.07, 6.45) is 3.03. The van der Waals surface area contributed by atoms with E-state index in [0.717, 1.165) is 51.3 Å². The SMILES string of the molecule is COC(=O)CCC1CCCN(CC(=O)O)C1N1CCN(c2ccc(C(=N)N)cc2)CC1. The number of ether oxygens (including phenoxy) is 1. The Morgan fingerprint density at radius 2 is 1.84 bits per heavy atom. The number of likely N-dealkylation sites (tertiary alicyclic amines) is 1. The molecule has 2 fully saturated rings. The van der Waals surface area contributed by atoms with Crippen molar-refractivity contribution in [3.63, 3.8) is 0 Å². The monoisotopic (exact) mass is 431 g/mol. The van der Waals surface area contributed by atoms with Crippen molar-refractivity contribution in [2.75, 3.05) is 51.3 Å². The molecule has 170 valence electrons. The fraction of sp³-hybridized carbons (Fsp3) is 0.591. The number of nitrogens with zero attached hydrogens (tertiary/aromatic N) is 3. The van der Waals surface area contributed by atoms with Gasteiger partial charge in [0, 0.05) is 50.4 Å². The van der Waals surface area contributed by atoms with Gasteiger partial charge in [-0.2, -0.15) is 0 Å². The van der Waals surface area contributed by atoms with Gasteiger partial charge in [0.2, 0.25) is 0 Å². The van der Waals surface area contributed by atoms with Crippen molar-refractivity contribution < 1.29 is 19.4 Å². The molecular formula is C22H33N5O4. The molecule has 31 heavy (non-hydrogen) atoms. The molecule has 2 heterocycles. The number of esters is 1. The molecule has 9 heteroatoms. The lowest BCUT2D eigenvalue weighted by molar-refractivity contribution is -0.144. The number of piperazine rings is 1. The van der Waals surface area contributed by atoms with Crippen LogP contribution in [0.3, 0.4) is 0 Å². The lowest BCUT2D eigenvalue weighted by Gasteiger charge is -2.49. The molecule has 2 aliphatic rings. The van der Waals surface area contributed by atoms with Gasteiger partial charge in [0.25, 0.3) is 0 Å². The second-order valence-corrected chi connectivity index (χ2v) is 8.28. The highest BCUT2D eigenvalue weighted by atomic mass is 16.5. The number of carboxylic acid groups (broad SMARTS) is 1. The average Bonchev–Trinajstić information content (AvgIpc) is 2.77. The molecule has 4 N–H and O–H groups in total. The molecular weight excluding hydrogens is 398 g/mol. The molecule has 0 aromatic heterocycles. The van der Waals surface area contributed by atoms with Gasteiger partial charge in [-0.05, 0) is 49.4 Å². The van der Waals surface area contributed by atoms with Crippen LogP contribution in [-0.4, -0.2) is 85.2 Å². The number of amidine groups is 1. The molecule has 3 rings (SSSR count). The first kappa shape index (κ1) is 23.0. The van der Waals surface area contributed by atoms with Crippen LogP contribution in [0.25, 0.3) is 0 Å². The molecule has 0 saturated carbocycles. The van der Waals surface area contributed by atoms with Crippen molar-refractivity contribution in [1.82, 2.24) is 9.80 Å². The molecule has 0 amide bonds. The zero-order valence-corrected chi connectivity index (χ0v) is 18.1. The maximum Gasteiger partial charge on any atom is 0.317 e. The van der Waals surface area contributed by atoms with E-state index in [-0.39, 0.29) is 30.4 Å². The lowest BCUT2D eigenvalue weighted by atomic mass is 9.88. The summed E-state index contributed by atoms with van der Waals surface area (Å²) in [5, 5.41) is 16.9. The minimum atomic E-state index is -0.817. The maximum atomic E-state index is 11.7. The van der Waals surface area contributed by atoms with E-state index in [1.54, 1.807) is 0 Å². The van der Waals surface area contributed by atoms with Crippen LogP contribution in [0.2, 0.25) is 0 Å². The lowest BCUT2D eigenvalue weighted by Crippen LogP contribution is -2.61. The molecule has 1 aromatic rings. The van der Waals surface area contributed by atoms with Gasteiger partial charge in [0.05, 0.1) is 19.8 Å². The van der Waals surface area contributed by atoms with E-state index in [9.17, 15) is 14.7 Å². The third-order valence-corrected chi connectivity index (χ3v) is 6.33. The third kappa shape index (κ3) is 5.95. The zero-order valence-electron chi connectivity index (χ0n) is 18.1. The minimum absolute atomic E-state index is 0.0200. The van der Waals surface area contributed by atoms with Crippen LogP contribution in [0.15, 0.2) is 24.3 Å². The van der Waals surface area contributed by atoms with Gasteiger partial charge in [0.15, 0.2) is 0 Å².